The van der Waals surface area contributed by atoms with Crippen molar-refractivity contribution in [3.8, 4) is 5.75 Å². The Bertz CT molecular complexity index is 444. The van der Waals surface area contributed by atoms with Crippen molar-refractivity contribution >= 4 is 5.91 Å². The van der Waals surface area contributed by atoms with Gasteiger partial charge in [-0.1, -0.05) is 19.1 Å². The number of amides is 1. The molecular weight excluding hydrogens is 252 g/mol. The second kappa shape index (κ2) is 6.75. The molecule has 1 saturated heterocycles. The molecule has 1 heterocycles. The van der Waals surface area contributed by atoms with Crippen molar-refractivity contribution in [2.24, 2.45) is 5.73 Å². The summed E-state index contributed by atoms with van der Waals surface area (Å²) in [7, 11) is 0. The highest BCUT2D eigenvalue weighted by molar-refractivity contribution is 5.78. The average Bonchev–Trinajstić information content (AvgIpc) is 2.45. The Hall–Kier alpha value is -1.55. The first kappa shape index (κ1) is 14.9. The van der Waals surface area contributed by atoms with E-state index in [9.17, 15) is 4.79 Å². The van der Waals surface area contributed by atoms with Crippen LogP contribution in [0.25, 0.3) is 0 Å². The Balaban J connectivity index is 2.23. The minimum absolute atomic E-state index is 0.00752. The summed E-state index contributed by atoms with van der Waals surface area (Å²) >= 11 is 0. The van der Waals surface area contributed by atoms with Crippen LogP contribution in [0.3, 0.4) is 0 Å². The van der Waals surface area contributed by atoms with Gasteiger partial charge >= 0.3 is 0 Å². The van der Waals surface area contributed by atoms with Crippen molar-refractivity contribution in [3.63, 3.8) is 0 Å². The third kappa shape index (κ3) is 3.12. The van der Waals surface area contributed by atoms with Crippen LogP contribution < -0.4 is 10.5 Å². The molecule has 1 fully saturated rings. The van der Waals surface area contributed by atoms with E-state index in [-0.39, 0.29) is 18.0 Å². The maximum absolute atomic E-state index is 12.1. The van der Waals surface area contributed by atoms with E-state index in [1.165, 1.54) is 0 Å². The predicted octanol–water partition coefficient (Wildman–Crippen LogP) is 2.49. The lowest BCUT2D eigenvalue weighted by Gasteiger charge is -2.40. The van der Waals surface area contributed by atoms with E-state index in [0.717, 1.165) is 30.7 Å². The van der Waals surface area contributed by atoms with E-state index in [4.69, 9.17) is 10.5 Å². The van der Waals surface area contributed by atoms with Crippen LogP contribution in [-0.4, -0.2) is 30.0 Å². The first-order chi connectivity index (χ1) is 9.67. The molecule has 0 aliphatic carbocycles. The van der Waals surface area contributed by atoms with Gasteiger partial charge in [0.05, 0.1) is 12.6 Å². The number of rotatable bonds is 5. The smallest absolute Gasteiger partial charge is 0.223 e. The molecule has 1 aromatic carbocycles. The largest absolute Gasteiger partial charge is 0.494 e. The number of ether oxygens (including phenoxy) is 1. The van der Waals surface area contributed by atoms with Gasteiger partial charge in [-0.05, 0) is 37.5 Å². The first-order valence-electron chi connectivity index (χ1n) is 7.45. The molecule has 2 unspecified atom stereocenters. The van der Waals surface area contributed by atoms with Crippen LogP contribution in [0, 0.1) is 0 Å². The Kier molecular flexibility index (Phi) is 5.01. The van der Waals surface area contributed by atoms with E-state index in [0.29, 0.717) is 13.0 Å². The minimum Gasteiger partial charge on any atom is -0.494 e. The number of hydrogen-bond acceptors (Lipinski definition) is 3. The highest BCUT2D eigenvalue weighted by Crippen LogP contribution is 2.31. The SMILES string of the molecule is CCCN1C(=O)CCC(N)C1c1ccc(OCC)cc1. The van der Waals surface area contributed by atoms with E-state index in [1.54, 1.807) is 0 Å². The lowest BCUT2D eigenvalue weighted by Crippen LogP contribution is -2.49. The van der Waals surface area contributed by atoms with Gasteiger partial charge in [0, 0.05) is 19.0 Å². The second-order valence-corrected chi connectivity index (χ2v) is 5.24. The number of carbonyl (C=O) groups excluding carboxylic acids is 1. The summed E-state index contributed by atoms with van der Waals surface area (Å²) in [6.07, 6.45) is 2.28. The van der Waals surface area contributed by atoms with Crippen molar-refractivity contribution in [1.29, 1.82) is 0 Å². The van der Waals surface area contributed by atoms with Crippen molar-refractivity contribution < 1.29 is 9.53 Å². The highest BCUT2D eigenvalue weighted by Gasteiger charge is 2.34. The quantitative estimate of drug-likeness (QED) is 0.899. The van der Waals surface area contributed by atoms with Crippen molar-refractivity contribution in [1.82, 2.24) is 4.90 Å². The standard InChI is InChI=1S/C16H24N2O2/c1-3-11-18-15(19)10-9-14(17)16(18)12-5-7-13(8-6-12)20-4-2/h5-8,14,16H,3-4,9-11,17H2,1-2H3. The Morgan fingerprint density at radius 3 is 2.60 bits per heavy atom. The highest BCUT2D eigenvalue weighted by atomic mass is 16.5. The number of nitrogens with zero attached hydrogens (tertiary/aromatic N) is 1. The predicted molar refractivity (Wildman–Crippen MR) is 79.6 cm³/mol. The fraction of sp³-hybridized carbons (Fsp3) is 0.562. The normalized spacial score (nSPS) is 22.9. The third-order valence-electron chi connectivity index (χ3n) is 3.75. The van der Waals surface area contributed by atoms with Crippen LogP contribution in [0.15, 0.2) is 24.3 Å². The number of benzene rings is 1. The number of likely N-dealkylation sites (tertiary alicyclic amines) is 1. The second-order valence-electron chi connectivity index (χ2n) is 5.24. The molecule has 0 aromatic heterocycles. The lowest BCUT2D eigenvalue weighted by atomic mass is 9.90. The lowest BCUT2D eigenvalue weighted by molar-refractivity contribution is -0.137. The summed E-state index contributed by atoms with van der Waals surface area (Å²) in [5, 5.41) is 0. The van der Waals surface area contributed by atoms with Gasteiger partial charge in [-0.15, -0.1) is 0 Å². The molecule has 0 bridgehead atoms. The fourth-order valence-electron chi connectivity index (χ4n) is 2.84. The van der Waals surface area contributed by atoms with Crippen molar-refractivity contribution in [2.45, 2.75) is 45.2 Å². The van der Waals surface area contributed by atoms with Gasteiger partial charge in [0.15, 0.2) is 0 Å². The number of hydrogen-bond donors (Lipinski definition) is 1. The zero-order valence-electron chi connectivity index (χ0n) is 12.3. The van der Waals surface area contributed by atoms with E-state index >= 15 is 0 Å². The molecule has 1 aliphatic heterocycles. The molecule has 4 heteroatoms. The van der Waals surface area contributed by atoms with Crippen LogP contribution in [0.5, 0.6) is 5.75 Å². The van der Waals surface area contributed by atoms with E-state index < -0.39 is 0 Å². The van der Waals surface area contributed by atoms with Gasteiger partial charge in [-0.25, -0.2) is 0 Å². The number of carbonyl (C=O) groups is 1. The van der Waals surface area contributed by atoms with Crippen molar-refractivity contribution in [3.05, 3.63) is 29.8 Å². The van der Waals surface area contributed by atoms with Gasteiger partial charge in [0.25, 0.3) is 0 Å². The van der Waals surface area contributed by atoms with Crippen LogP contribution in [0.4, 0.5) is 0 Å². The maximum atomic E-state index is 12.1. The van der Waals surface area contributed by atoms with Gasteiger partial charge in [0.1, 0.15) is 5.75 Å². The van der Waals surface area contributed by atoms with Crippen LogP contribution in [0.1, 0.15) is 44.7 Å². The first-order valence-corrected chi connectivity index (χ1v) is 7.45. The molecule has 110 valence electrons. The zero-order chi connectivity index (χ0) is 14.5. The molecule has 20 heavy (non-hydrogen) atoms. The van der Waals surface area contributed by atoms with Gasteiger partial charge < -0.3 is 15.4 Å². The number of nitrogens with two attached hydrogens (primary N) is 1. The van der Waals surface area contributed by atoms with Gasteiger partial charge in [0.2, 0.25) is 5.91 Å². The molecule has 1 amide bonds. The topological polar surface area (TPSA) is 55.6 Å². The molecule has 2 rings (SSSR count). The minimum atomic E-state index is -0.00752. The van der Waals surface area contributed by atoms with Crippen molar-refractivity contribution in [2.75, 3.05) is 13.2 Å². The van der Waals surface area contributed by atoms with Crippen LogP contribution in [0.2, 0.25) is 0 Å². The van der Waals surface area contributed by atoms with E-state index in [2.05, 4.69) is 6.92 Å². The number of piperidine rings is 1. The van der Waals surface area contributed by atoms with E-state index in [1.807, 2.05) is 36.1 Å². The summed E-state index contributed by atoms with van der Waals surface area (Å²) in [6.45, 7) is 5.47. The summed E-state index contributed by atoms with van der Waals surface area (Å²) < 4.78 is 5.46. The Labute approximate surface area is 120 Å². The fourth-order valence-corrected chi connectivity index (χ4v) is 2.84. The molecule has 1 aliphatic rings. The Morgan fingerprint density at radius 2 is 2.00 bits per heavy atom. The monoisotopic (exact) mass is 276 g/mol. The summed E-state index contributed by atoms with van der Waals surface area (Å²) in [5.74, 6) is 1.07. The summed E-state index contributed by atoms with van der Waals surface area (Å²) in [5.41, 5.74) is 7.36. The summed E-state index contributed by atoms with van der Waals surface area (Å²) in [6, 6.07) is 7.96. The molecule has 1 aromatic rings. The third-order valence-corrected chi connectivity index (χ3v) is 3.75. The molecule has 4 nitrogen and oxygen atoms in total. The molecule has 2 N–H and O–H groups in total. The molecule has 0 spiro atoms. The molecular formula is C16H24N2O2. The summed E-state index contributed by atoms with van der Waals surface area (Å²) in [4.78, 5) is 14.1. The molecule has 2 atom stereocenters. The maximum Gasteiger partial charge on any atom is 0.223 e. The van der Waals surface area contributed by atoms with Gasteiger partial charge in [-0.3, -0.25) is 4.79 Å². The average molecular weight is 276 g/mol. The Morgan fingerprint density at radius 1 is 1.30 bits per heavy atom. The molecule has 0 radical (unpaired) electrons. The molecule has 0 saturated carbocycles. The van der Waals surface area contributed by atoms with Crippen LogP contribution >= 0.6 is 0 Å². The van der Waals surface area contributed by atoms with Gasteiger partial charge in [-0.2, -0.15) is 0 Å². The van der Waals surface area contributed by atoms with Crippen LogP contribution in [-0.2, 0) is 4.79 Å². The zero-order valence-corrected chi connectivity index (χ0v) is 12.3.